The molecule has 0 heterocycles. The predicted octanol–water partition coefficient (Wildman–Crippen LogP) is -2.44. The van der Waals surface area contributed by atoms with Crippen molar-refractivity contribution in [2.24, 2.45) is 5.41 Å². The molecule has 4 nitrogen and oxygen atoms in total. The first-order chi connectivity index (χ1) is 4.24. The van der Waals surface area contributed by atoms with Crippen molar-refractivity contribution in [2.75, 3.05) is 26.4 Å². The molecule has 0 aliphatic heterocycles. The van der Waals surface area contributed by atoms with Gasteiger partial charge in [-0.25, -0.2) is 0 Å². The van der Waals surface area contributed by atoms with Gasteiger partial charge in [-0.2, -0.15) is 0 Å². The molecule has 0 saturated heterocycles. The molecular formula is C5H12CaO4. The van der Waals surface area contributed by atoms with E-state index in [9.17, 15) is 0 Å². The molecule has 5 heteroatoms. The quantitative estimate of drug-likeness (QED) is 0.359. The molecule has 10 heavy (non-hydrogen) atoms. The maximum absolute atomic E-state index is 8.50. The first-order valence-electron chi connectivity index (χ1n) is 2.68. The van der Waals surface area contributed by atoms with Gasteiger partial charge in [-0.3, -0.25) is 0 Å². The molecule has 0 bridgehead atoms. The average Bonchev–Trinajstić information content (AvgIpc) is 1.95. The molecule has 0 saturated carbocycles. The maximum Gasteiger partial charge on any atom is 0.0627 e. The summed E-state index contributed by atoms with van der Waals surface area (Å²) in [5.74, 6) is 0. The van der Waals surface area contributed by atoms with E-state index in [4.69, 9.17) is 20.4 Å². The standard InChI is InChI=1S/C5H12O4.Ca/c6-1-5(2-7,3-8)4-9;/h6-9H,1-4H2;. The Morgan fingerprint density at radius 3 is 0.900 bits per heavy atom. The Morgan fingerprint density at radius 2 is 0.900 bits per heavy atom. The van der Waals surface area contributed by atoms with Crippen LogP contribution >= 0.6 is 0 Å². The molecule has 0 spiro atoms. The molecule has 0 aromatic rings. The van der Waals surface area contributed by atoms with Gasteiger partial charge in [0.05, 0.1) is 31.8 Å². The minimum Gasteiger partial charge on any atom is -0.396 e. The zero-order valence-electron chi connectivity index (χ0n) is 5.82. The Kier molecular flexibility index (Phi) is 9.28. The van der Waals surface area contributed by atoms with Crippen LogP contribution in [-0.4, -0.2) is 84.6 Å². The minimum atomic E-state index is -1.11. The largest absolute Gasteiger partial charge is 0.396 e. The molecule has 0 aromatic heterocycles. The second kappa shape index (κ2) is 6.79. The molecule has 0 fully saturated rings. The molecule has 2 radical (unpaired) electrons. The smallest absolute Gasteiger partial charge is 0.0627 e. The van der Waals surface area contributed by atoms with Crippen LogP contribution in [0.15, 0.2) is 0 Å². The fourth-order valence-electron chi connectivity index (χ4n) is 0.300. The maximum atomic E-state index is 8.50. The van der Waals surface area contributed by atoms with Crippen molar-refractivity contribution in [1.29, 1.82) is 0 Å². The Hall–Kier alpha value is 1.10. The monoisotopic (exact) mass is 176 g/mol. The van der Waals surface area contributed by atoms with E-state index < -0.39 is 31.8 Å². The summed E-state index contributed by atoms with van der Waals surface area (Å²) in [7, 11) is 0. The van der Waals surface area contributed by atoms with Crippen LogP contribution in [0.5, 0.6) is 0 Å². The van der Waals surface area contributed by atoms with Gasteiger partial charge in [0.15, 0.2) is 0 Å². The second-order valence-corrected chi connectivity index (χ2v) is 2.13. The van der Waals surface area contributed by atoms with Gasteiger partial charge in [0.1, 0.15) is 0 Å². The first kappa shape index (κ1) is 13.7. The van der Waals surface area contributed by atoms with Crippen LogP contribution < -0.4 is 0 Å². The molecule has 0 aliphatic carbocycles. The predicted molar refractivity (Wildman–Crippen MR) is 36.5 cm³/mol. The van der Waals surface area contributed by atoms with E-state index >= 15 is 0 Å². The van der Waals surface area contributed by atoms with E-state index in [0.29, 0.717) is 0 Å². The molecule has 0 unspecified atom stereocenters. The van der Waals surface area contributed by atoms with Crippen molar-refractivity contribution in [3.63, 3.8) is 0 Å². The van der Waals surface area contributed by atoms with E-state index in [2.05, 4.69) is 0 Å². The summed E-state index contributed by atoms with van der Waals surface area (Å²) in [6.07, 6.45) is 0. The zero-order chi connectivity index (χ0) is 7.33. The van der Waals surface area contributed by atoms with Crippen molar-refractivity contribution in [3.05, 3.63) is 0 Å². The van der Waals surface area contributed by atoms with Gasteiger partial charge in [-0.1, -0.05) is 0 Å². The zero-order valence-corrected chi connectivity index (χ0v) is 8.03. The molecule has 4 N–H and O–H groups in total. The Bertz CT molecular complexity index is 56.5. The first-order valence-corrected chi connectivity index (χ1v) is 2.68. The molecule has 0 aliphatic rings. The summed E-state index contributed by atoms with van der Waals surface area (Å²) in [6, 6.07) is 0. The van der Waals surface area contributed by atoms with Crippen LogP contribution in [0.25, 0.3) is 0 Å². The Labute approximate surface area is 89.5 Å². The van der Waals surface area contributed by atoms with E-state index in [0.717, 1.165) is 0 Å². The molecule has 58 valence electrons. The summed E-state index contributed by atoms with van der Waals surface area (Å²) in [4.78, 5) is 0. The van der Waals surface area contributed by atoms with Crippen LogP contribution in [0.1, 0.15) is 0 Å². The minimum absolute atomic E-state index is 0. The van der Waals surface area contributed by atoms with Crippen molar-refractivity contribution in [2.45, 2.75) is 0 Å². The van der Waals surface area contributed by atoms with Crippen LogP contribution in [0.4, 0.5) is 0 Å². The summed E-state index contributed by atoms with van der Waals surface area (Å²) in [6.45, 7) is -1.62. The molecule has 0 atom stereocenters. The van der Waals surface area contributed by atoms with Gasteiger partial charge in [-0.15, -0.1) is 0 Å². The van der Waals surface area contributed by atoms with Gasteiger partial charge >= 0.3 is 0 Å². The third kappa shape index (κ3) is 3.48. The summed E-state index contributed by atoms with van der Waals surface area (Å²) in [5, 5.41) is 34.0. The van der Waals surface area contributed by atoms with Crippen LogP contribution in [0.3, 0.4) is 0 Å². The number of hydrogen-bond acceptors (Lipinski definition) is 4. The van der Waals surface area contributed by atoms with Crippen molar-refractivity contribution >= 4 is 37.7 Å². The van der Waals surface area contributed by atoms with Crippen molar-refractivity contribution in [1.82, 2.24) is 0 Å². The van der Waals surface area contributed by atoms with E-state index in [1.165, 1.54) is 0 Å². The third-order valence-electron chi connectivity index (χ3n) is 1.34. The molecule has 0 aromatic carbocycles. The van der Waals surface area contributed by atoms with Gasteiger partial charge in [0.25, 0.3) is 0 Å². The van der Waals surface area contributed by atoms with Crippen molar-refractivity contribution < 1.29 is 20.4 Å². The normalized spacial score (nSPS) is 10.8. The molecule has 0 amide bonds. The summed E-state index contributed by atoms with van der Waals surface area (Å²) < 4.78 is 0. The van der Waals surface area contributed by atoms with Gasteiger partial charge in [0.2, 0.25) is 0 Å². The van der Waals surface area contributed by atoms with E-state index in [1.807, 2.05) is 0 Å². The fourth-order valence-corrected chi connectivity index (χ4v) is 0.300. The van der Waals surface area contributed by atoms with Gasteiger partial charge < -0.3 is 20.4 Å². The number of aliphatic hydroxyl groups is 4. The molecular weight excluding hydrogens is 164 g/mol. The number of hydrogen-bond donors (Lipinski definition) is 4. The van der Waals surface area contributed by atoms with Crippen LogP contribution in [-0.2, 0) is 0 Å². The van der Waals surface area contributed by atoms with Crippen LogP contribution in [0, 0.1) is 5.41 Å². The summed E-state index contributed by atoms with van der Waals surface area (Å²) in [5.41, 5.74) is -1.11. The Morgan fingerprint density at radius 1 is 0.700 bits per heavy atom. The van der Waals surface area contributed by atoms with E-state index in [-0.39, 0.29) is 37.7 Å². The topological polar surface area (TPSA) is 80.9 Å². The Balaban J connectivity index is 0. The number of rotatable bonds is 4. The number of aliphatic hydroxyl groups excluding tert-OH is 4. The second-order valence-electron chi connectivity index (χ2n) is 2.13. The average molecular weight is 176 g/mol. The van der Waals surface area contributed by atoms with Gasteiger partial charge in [-0.05, 0) is 0 Å². The van der Waals surface area contributed by atoms with E-state index in [1.54, 1.807) is 0 Å². The third-order valence-corrected chi connectivity index (χ3v) is 1.34. The van der Waals surface area contributed by atoms with Crippen molar-refractivity contribution in [3.8, 4) is 0 Å². The summed E-state index contributed by atoms with van der Waals surface area (Å²) >= 11 is 0. The molecule has 0 rings (SSSR count). The SMILES string of the molecule is OCC(CO)(CO)CO.[Ca]. The van der Waals surface area contributed by atoms with Gasteiger partial charge in [0, 0.05) is 37.7 Å². The fraction of sp³-hybridized carbons (Fsp3) is 1.00. The van der Waals surface area contributed by atoms with Crippen LogP contribution in [0.2, 0.25) is 0 Å².